The largest absolute Gasteiger partial charge is 0.508 e. The number of carbonyl (C=O) groups excluding carboxylic acids is 1. The van der Waals surface area contributed by atoms with E-state index in [0.29, 0.717) is 12.0 Å². The van der Waals surface area contributed by atoms with E-state index < -0.39 is 23.7 Å². The van der Waals surface area contributed by atoms with Crippen LogP contribution in [0.25, 0.3) is 5.69 Å². The quantitative estimate of drug-likeness (QED) is 0.313. The highest BCUT2D eigenvalue weighted by Gasteiger charge is 2.36. The average Bonchev–Trinajstić information content (AvgIpc) is 3.36. The third kappa shape index (κ3) is 4.72. The predicted octanol–water partition coefficient (Wildman–Crippen LogP) is 4.28. The third-order valence-corrected chi connectivity index (χ3v) is 5.76. The number of nitrogens with zero attached hydrogens (tertiary/aromatic N) is 2. The molecule has 7 nitrogen and oxygen atoms in total. The summed E-state index contributed by atoms with van der Waals surface area (Å²) in [6, 6.07) is 6.93. The van der Waals surface area contributed by atoms with E-state index in [4.69, 9.17) is 11.1 Å². The molecule has 1 aromatic heterocycles. The fourth-order valence-corrected chi connectivity index (χ4v) is 4.06. The average molecular weight is 494 g/mol. The maximum Gasteiger partial charge on any atom is 0.418 e. The van der Waals surface area contributed by atoms with Crippen LogP contribution in [0.2, 0.25) is 0 Å². The number of rotatable bonds is 5. The number of aryl methyl sites for hydroxylation is 1. The van der Waals surface area contributed by atoms with E-state index in [9.17, 15) is 23.1 Å². The van der Waals surface area contributed by atoms with E-state index >= 15 is 0 Å². The summed E-state index contributed by atoms with van der Waals surface area (Å²) in [4.78, 5) is 17.0. The zero-order valence-corrected chi connectivity index (χ0v) is 18.9. The number of hydrogen-bond donors (Lipinski definition) is 4. The van der Waals surface area contributed by atoms with E-state index in [1.165, 1.54) is 41.2 Å². The number of amidine groups is 1. The number of fused-ring (bicyclic) bond motifs is 1. The molecule has 34 heavy (non-hydrogen) atoms. The van der Waals surface area contributed by atoms with Gasteiger partial charge in [0.15, 0.2) is 0 Å². The zero-order chi connectivity index (χ0) is 23.9. The van der Waals surface area contributed by atoms with Crippen LogP contribution in [0.5, 0.6) is 5.75 Å². The molecular formula is C23H23ClF3N5O2. The molecule has 1 atom stereocenters. The second-order valence-corrected chi connectivity index (χ2v) is 7.97. The molecule has 0 spiro atoms. The number of benzene rings is 2. The summed E-state index contributed by atoms with van der Waals surface area (Å²) in [5.41, 5.74) is 6.49. The lowest BCUT2D eigenvalue weighted by Gasteiger charge is -2.19. The first-order valence-electron chi connectivity index (χ1n) is 10.3. The molecule has 0 bridgehead atoms. The first-order valence-corrected chi connectivity index (χ1v) is 10.3. The first-order chi connectivity index (χ1) is 15.6. The molecule has 2 aromatic carbocycles. The molecule has 5 N–H and O–H groups in total. The smallest absolute Gasteiger partial charge is 0.418 e. The topological polar surface area (TPSA) is 117 Å². The fourth-order valence-electron chi connectivity index (χ4n) is 4.06. The Hall–Kier alpha value is -3.53. The molecule has 11 heteroatoms. The van der Waals surface area contributed by atoms with E-state index in [1.54, 1.807) is 6.92 Å². The van der Waals surface area contributed by atoms with E-state index in [0.717, 1.165) is 30.3 Å². The Kier molecular flexibility index (Phi) is 6.92. The summed E-state index contributed by atoms with van der Waals surface area (Å²) in [5, 5.41) is 20.2. The highest BCUT2D eigenvalue weighted by Crippen LogP contribution is 2.36. The van der Waals surface area contributed by atoms with E-state index in [-0.39, 0.29) is 40.8 Å². The van der Waals surface area contributed by atoms with Crippen molar-refractivity contribution in [2.75, 3.05) is 0 Å². The standard InChI is InChI=1S/C23H22F3N5O2.ClH/c1-12(15-9-13(21(27)28)6-8-20(15)32)30-22(33)14-5-7-18(16(10-14)23(24,25)26)31-11-29-17-3-2-4-19(17)31;/h5-12,32H,2-4H2,1H3,(H3,27,28)(H,30,33);1H. The van der Waals surface area contributed by atoms with E-state index in [1.807, 2.05) is 0 Å². The second kappa shape index (κ2) is 9.38. The summed E-state index contributed by atoms with van der Waals surface area (Å²) >= 11 is 0. The van der Waals surface area contributed by atoms with Gasteiger partial charge < -0.3 is 20.7 Å². The Morgan fingerprint density at radius 3 is 2.59 bits per heavy atom. The van der Waals surface area contributed by atoms with Crippen LogP contribution in [-0.2, 0) is 19.0 Å². The molecule has 1 amide bonds. The number of aromatic hydroxyl groups is 1. The number of hydrogen-bond acceptors (Lipinski definition) is 4. The Labute approximate surface area is 199 Å². The molecule has 3 aromatic rings. The number of aromatic nitrogens is 2. The van der Waals surface area contributed by atoms with Crippen molar-refractivity contribution in [1.29, 1.82) is 5.41 Å². The van der Waals surface area contributed by atoms with Gasteiger partial charge in [0.05, 0.1) is 29.3 Å². The molecule has 180 valence electrons. The minimum absolute atomic E-state index is 0. The highest BCUT2D eigenvalue weighted by atomic mass is 35.5. The molecule has 1 unspecified atom stereocenters. The first kappa shape index (κ1) is 25.1. The molecule has 1 aliphatic carbocycles. The number of amides is 1. The van der Waals surface area contributed by atoms with Crippen LogP contribution in [0.15, 0.2) is 42.7 Å². The summed E-state index contributed by atoms with van der Waals surface area (Å²) in [6.45, 7) is 1.57. The molecule has 1 aliphatic rings. The van der Waals surface area contributed by atoms with Gasteiger partial charge in [-0.25, -0.2) is 4.98 Å². The van der Waals surface area contributed by atoms with Crippen LogP contribution < -0.4 is 11.1 Å². The summed E-state index contributed by atoms with van der Waals surface area (Å²) in [7, 11) is 0. The summed E-state index contributed by atoms with van der Waals surface area (Å²) in [5.74, 6) is -1.08. The maximum atomic E-state index is 13.9. The van der Waals surface area contributed by atoms with Crippen molar-refractivity contribution in [2.45, 2.75) is 38.4 Å². The van der Waals surface area contributed by atoms with Crippen molar-refractivity contribution in [3.63, 3.8) is 0 Å². The van der Waals surface area contributed by atoms with Crippen molar-refractivity contribution in [2.24, 2.45) is 5.73 Å². The second-order valence-electron chi connectivity index (χ2n) is 7.97. The number of halogens is 4. The number of nitrogens with one attached hydrogen (secondary N) is 2. The number of nitrogens with two attached hydrogens (primary N) is 1. The SMILES string of the molecule is CC(NC(=O)c1ccc(-n2cnc3c2CCC3)c(C(F)(F)F)c1)c1cc(C(=N)N)ccc1O.Cl. The third-order valence-electron chi connectivity index (χ3n) is 5.76. The van der Waals surface area contributed by atoms with E-state index in [2.05, 4.69) is 10.3 Å². The Balaban J connectivity index is 0.00000324. The Morgan fingerprint density at radius 2 is 1.91 bits per heavy atom. The lowest BCUT2D eigenvalue weighted by atomic mass is 10.0. The van der Waals surface area contributed by atoms with Crippen molar-refractivity contribution in [3.8, 4) is 11.4 Å². The van der Waals surface area contributed by atoms with Crippen LogP contribution in [0, 0.1) is 5.41 Å². The lowest BCUT2D eigenvalue weighted by molar-refractivity contribution is -0.137. The molecule has 0 saturated carbocycles. The minimum atomic E-state index is -4.68. The number of imidazole rings is 1. The molecule has 0 radical (unpaired) electrons. The van der Waals surface area contributed by atoms with Crippen LogP contribution >= 0.6 is 12.4 Å². The van der Waals surface area contributed by atoms with Gasteiger partial charge in [0.1, 0.15) is 11.6 Å². The molecular weight excluding hydrogens is 471 g/mol. The zero-order valence-electron chi connectivity index (χ0n) is 18.1. The molecule has 0 aliphatic heterocycles. The van der Waals surface area contributed by atoms with Crippen molar-refractivity contribution in [1.82, 2.24) is 14.9 Å². The van der Waals surface area contributed by atoms with Crippen molar-refractivity contribution in [3.05, 3.63) is 76.4 Å². The summed E-state index contributed by atoms with van der Waals surface area (Å²) < 4.78 is 43.2. The van der Waals surface area contributed by atoms with Crippen LogP contribution in [-0.4, -0.2) is 26.4 Å². The number of nitrogen functional groups attached to an aromatic ring is 1. The van der Waals surface area contributed by atoms with Crippen molar-refractivity contribution < 1.29 is 23.1 Å². The van der Waals surface area contributed by atoms with Gasteiger partial charge in [-0.3, -0.25) is 10.2 Å². The van der Waals surface area contributed by atoms with Gasteiger partial charge in [-0.15, -0.1) is 12.4 Å². The van der Waals surface area contributed by atoms with Gasteiger partial charge in [0.2, 0.25) is 0 Å². The molecule has 0 saturated heterocycles. The number of phenolic OH excluding ortho intramolecular Hbond substituents is 1. The van der Waals surface area contributed by atoms with Gasteiger partial charge in [0, 0.05) is 22.4 Å². The molecule has 0 fully saturated rings. The highest BCUT2D eigenvalue weighted by molar-refractivity contribution is 5.96. The minimum Gasteiger partial charge on any atom is -0.508 e. The summed E-state index contributed by atoms with van der Waals surface area (Å²) in [6.07, 6.45) is -1.06. The fraction of sp³-hybridized carbons (Fsp3) is 0.261. The number of phenols is 1. The van der Waals surface area contributed by atoms with Gasteiger partial charge >= 0.3 is 6.18 Å². The maximum absolute atomic E-state index is 13.9. The predicted molar refractivity (Wildman–Crippen MR) is 123 cm³/mol. The normalized spacial score (nSPS) is 13.6. The number of carbonyl (C=O) groups is 1. The monoisotopic (exact) mass is 493 g/mol. The molecule has 1 heterocycles. The number of alkyl halides is 3. The van der Waals surface area contributed by atoms with Gasteiger partial charge in [0.25, 0.3) is 5.91 Å². The van der Waals surface area contributed by atoms with Crippen molar-refractivity contribution >= 4 is 24.1 Å². The molecule has 4 rings (SSSR count). The lowest BCUT2D eigenvalue weighted by Crippen LogP contribution is -2.27. The van der Waals surface area contributed by atoms with Crippen LogP contribution in [0.4, 0.5) is 13.2 Å². The van der Waals surface area contributed by atoms with Gasteiger partial charge in [-0.1, -0.05) is 0 Å². The van der Waals surface area contributed by atoms with Crippen LogP contribution in [0.3, 0.4) is 0 Å². The van der Waals surface area contributed by atoms with Gasteiger partial charge in [-0.05, 0) is 62.6 Å². The Bertz CT molecular complexity index is 1260. The Morgan fingerprint density at radius 1 is 1.21 bits per heavy atom. The van der Waals surface area contributed by atoms with Gasteiger partial charge in [-0.2, -0.15) is 13.2 Å². The van der Waals surface area contributed by atoms with Crippen LogP contribution in [0.1, 0.15) is 57.8 Å².